The maximum absolute atomic E-state index is 12.3. The van der Waals surface area contributed by atoms with Crippen LogP contribution in [0.25, 0.3) is 0 Å². The van der Waals surface area contributed by atoms with Gasteiger partial charge in [0.05, 0.1) is 12.5 Å². The minimum Gasteiger partial charge on any atom is -0.353 e. The van der Waals surface area contributed by atoms with Gasteiger partial charge in [-0.15, -0.1) is 0 Å². The quantitative estimate of drug-likeness (QED) is 0.762. The Morgan fingerprint density at radius 1 is 1.29 bits per heavy atom. The molecule has 1 aliphatic heterocycles. The summed E-state index contributed by atoms with van der Waals surface area (Å²) in [5.41, 5.74) is 1.25. The summed E-state index contributed by atoms with van der Waals surface area (Å²) < 4.78 is 0. The van der Waals surface area contributed by atoms with E-state index in [0.717, 1.165) is 32.4 Å². The van der Waals surface area contributed by atoms with Gasteiger partial charge in [-0.05, 0) is 24.8 Å². The highest BCUT2D eigenvalue weighted by Gasteiger charge is 2.31. The van der Waals surface area contributed by atoms with Crippen LogP contribution < -0.4 is 10.6 Å². The van der Waals surface area contributed by atoms with E-state index < -0.39 is 0 Å². The molecule has 2 amide bonds. The summed E-state index contributed by atoms with van der Waals surface area (Å²) in [6.45, 7) is 6.36. The second kappa shape index (κ2) is 9.42. The Morgan fingerprint density at radius 3 is 2.67 bits per heavy atom. The Hall–Kier alpha value is -1.88. The van der Waals surface area contributed by atoms with Crippen molar-refractivity contribution in [3.8, 4) is 0 Å². The van der Waals surface area contributed by atoms with Crippen molar-refractivity contribution in [3.63, 3.8) is 0 Å². The Kier molecular flexibility index (Phi) is 7.25. The Labute approximate surface area is 144 Å². The second-order valence-corrected chi connectivity index (χ2v) is 6.36. The van der Waals surface area contributed by atoms with Crippen molar-refractivity contribution in [2.75, 3.05) is 19.6 Å². The van der Waals surface area contributed by atoms with Crippen molar-refractivity contribution in [2.45, 2.75) is 51.6 Å². The summed E-state index contributed by atoms with van der Waals surface area (Å²) in [5.74, 6) is -0.0653. The number of benzene rings is 1. The molecule has 0 radical (unpaired) electrons. The van der Waals surface area contributed by atoms with Gasteiger partial charge < -0.3 is 10.6 Å². The topological polar surface area (TPSA) is 61.4 Å². The summed E-state index contributed by atoms with van der Waals surface area (Å²) in [7, 11) is 0. The van der Waals surface area contributed by atoms with Crippen molar-refractivity contribution in [1.29, 1.82) is 0 Å². The van der Waals surface area contributed by atoms with Gasteiger partial charge in [-0.25, -0.2) is 0 Å². The molecule has 5 heteroatoms. The molecule has 5 nitrogen and oxygen atoms in total. The van der Waals surface area contributed by atoms with E-state index in [1.54, 1.807) is 0 Å². The van der Waals surface area contributed by atoms with Crippen LogP contribution in [0.3, 0.4) is 0 Å². The summed E-state index contributed by atoms with van der Waals surface area (Å²) in [6, 6.07) is 10.1. The molecule has 0 saturated carbocycles. The fourth-order valence-electron chi connectivity index (χ4n) is 3.12. The molecule has 0 aromatic heterocycles. The van der Waals surface area contributed by atoms with Gasteiger partial charge in [-0.2, -0.15) is 0 Å². The average Bonchev–Trinajstić information content (AvgIpc) is 2.61. The number of carbonyl (C=O) groups excluding carboxylic acids is 2. The first kappa shape index (κ1) is 18.5. The van der Waals surface area contributed by atoms with Gasteiger partial charge in [0.1, 0.15) is 0 Å². The smallest absolute Gasteiger partial charge is 0.237 e. The van der Waals surface area contributed by atoms with Crippen LogP contribution in [0, 0.1) is 0 Å². The van der Waals surface area contributed by atoms with Crippen LogP contribution in [0.2, 0.25) is 0 Å². The molecule has 1 aromatic carbocycles. The number of hydrogen-bond acceptors (Lipinski definition) is 3. The van der Waals surface area contributed by atoms with Crippen molar-refractivity contribution >= 4 is 11.8 Å². The highest BCUT2D eigenvalue weighted by atomic mass is 16.2. The number of hydrogen-bond donors (Lipinski definition) is 2. The number of nitrogens with one attached hydrogen (secondary N) is 2. The van der Waals surface area contributed by atoms with Gasteiger partial charge in [0.15, 0.2) is 0 Å². The molecule has 1 atom stereocenters. The first-order valence-corrected chi connectivity index (χ1v) is 8.99. The zero-order chi connectivity index (χ0) is 17.4. The Balaban J connectivity index is 1.93. The number of amides is 2. The minimum atomic E-state index is -0.364. The molecule has 1 saturated heterocycles. The fraction of sp³-hybridized carbons (Fsp3) is 0.579. The average molecular weight is 331 g/mol. The number of piperazine rings is 1. The highest BCUT2D eigenvalue weighted by Crippen LogP contribution is 2.11. The molecule has 0 bridgehead atoms. The summed E-state index contributed by atoms with van der Waals surface area (Å²) in [4.78, 5) is 26.7. The lowest BCUT2D eigenvalue weighted by Gasteiger charge is -2.35. The predicted molar refractivity (Wildman–Crippen MR) is 95.6 cm³/mol. The van der Waals surface area contributed by atoms with Gasteiger partial charge in [0.2, 0.25) is 11.8 Å². The summed E-state index contributed by atoms with van der Waals surface area (Å²) >= 11 is 0. The standard InChI is InChI=1S/C19H29N3O2/c1-3-16(4-2)21-18(23)14-17-19(24)20-11-13-22(17)12-10-15-8-6-5-7-9-15/h5-9,16-17H,3-4,10-14H2,1-2H3,(H,20,24)(H,21,23)/t17-/m1/s1. The fourth-order valence-corrected chi connectivity index (χ4v) is 3.12. The molecule has 1 heterocycles. The van der Waals surface area contributed by atoms with E-state index in [4.69, 9.17) is 0 Å². The van der Waals surface area contributed by atoms with Crippen LogP contribution in [0.15, 0.2) is 30.3 Å². The van der Waals surface area contributed by atoms with Crippen LogP contribution in [-0.2, 0) is 16.0 Å². The van der Waals surface area contributed by atoms with Crippen LogP contribution in [-0.4, -0.2) is 48.4 Å². The van der Waals surface area contributed by atoms with Gasteiger partial charge in [-0.3, -0.25) is 14.5 Å². The molecule has 2 rings (SSSR count). The monoisotopic (exact) mass is 331 g/mol. The van der Waals surface area contributed by atoms with Gasteiger partial charge in [0.25, 0.3) is 0 Å². The van der Waals surface area contributed by atoms with Gasteiger partial charge in [0, 0.05) is 25.7 Å². The lowest BCUT2D eigenvalue weighted by Crippen LogP contribution is -2.57. The van der Waals surface area contributed by atoms with Crippen molar-refractivity contribution in [1.82, 2.24) is 15.5 Å². The zero-order valence-electron chi connectivity index (χ0n) is 14.8. The molecule has 0 unspecified atom stereocenters. The zero-order valence-corrected chi connectivity index (χ0v) is 14.8. The van der Waals surface area contributed by atoms with Crippen molar-refractivity contribution < 1.29 is 9.59 Å². The molecule has 1 fully saturated rings. The first-order chi connectivity index (χ1) is 11.6. The Bertz CT molecular complexity index is 529. The molecule has 2 N–H and O–H groups in total. The number of carbonyl (C=O) groups is 2. The van der Waals surface area contributed by atoms with Crippen molar-refractivity contribution in [3.05, 3.63) is 35.9 Å². The predicted octanol–water partition coefficient (Wildman–Crippen LogP) is 1.72. The van der Waals surface area contributed by atoms with E-state index in [9.17, 15) is 9.59 Å². The molecule has 0 aliphatic carbocycles. The minimum absolute atomic E-state index is 0.0320. The van der Waals surface area contributed by atoms with Crippen LogP contribution in [0.5, 0.6) is 0 Å². The number of rotatable bonds is 8. The van der Waals surface area contributed by atoms with E-state index in [2.05, 4.69) is 41.5 Å². The van der Waals surface area contributed by atoms with Crippen LogP contribution in [0.1, 0.15) is 38.7 Å². The van der Waals surface area contributed by atoms with Crippen LogP contribution >= 0.6 is 0 Å². The third-order valence-corrected chi connectivity index (χ3v) is 4.70. The van der Waals surface area contributed by atoms with Crippen molar-refractivity contribution in [2.24, 2.45) is 0 Å². The maximum atomic E-state index is 12.3. The van der Waals surface area contributed by atoms with Gasteiger partial charge >= 0.3 is 0 Å². The van der Waals surface area contributed by atoms with E-state index in [1.165, 1.54) is 5.56 Å². The third kappa shape index (κ3) is 5.34. The molecule has 1 aromatic rings. The SMILES string of the molecule is CCC(CC)NC(=O)C[C@@H]1C(=O)NCCN1CCc1ccccc1. The van der Waals surface area contributed by atoms with E-state index in [1.807, 2.05) is 18.2 Å². The Morgan fingerprint density at radius 2 is 2.00 bits per heavy atom. The van der Waals surface area contributed by atoms with Gasteiger partial charge in [-0.1, -0.05) is 44.2 Å². The van der Waals surface area contributed by atoms with E-state index in [0.29, 0.717) is 6.54 Å². The molecular formula is C19H29N3O2. The molecule has 24 heavy (non-hydrogen) atoms. The summed E-state index contributed by atoms with van der Waals surface area (Å²) in [6.07, 6.45) is 2.95. The largest absolute Gasteiger partial charge is 0.353 e. The molecule has 1 aliphatic rings. The van der Waals surface area contributed by atoms with E-state index >= 15 is 0 Å². The van der Waals surface area contributed by atoms with Crippen LogP contribution in [0.4, 0.5) is 0 Å². The molecule has 0 spiro atoms. The second-order valence-electron chi connectivity index (χ2n) is 6.36. The summed E-state index contributed by atoms with van der Waals surface area (Å²) in [5, 5.41) is 5.92. The molecule has 132 valence electrons. The third-order valence-electron chi connectivity index (χ3n) is 4.70. The normalized spacial score (nSPS) is 18.5. The lowest BCUT2D eigenvalue weighted by molar-refractivity contribution is -0.134. The molecular weight excluding hydrogens is 302 g/mol. The number of nitrogens with zero attached hydrogens (tertiary/aromatic N) is 1. The van der Waals surface area contributed by atoms with E-state index in [-0.39, 0.29) is 30.3 Å². The lowest BCUT2D eigenvalue weighted by atomic mass is 10.1. The maximum Gasteiger partial charge on any atom is 0.237 e. The first-order valence-electron chi connectivity index (χ1n) is 8.99. The highest BCUT2D eigenvalue weighted by molar-refractivity contribution is 5.88.